The van der Waals surface area contributed by atoms with Crippen LogP contribution in [0.15, 0.2) is 28.7 Å². The van der Waals surface area contributed by atoms with E-state index in [0.717, 1.165) is 49.9 Å². The molecule has 1 aromatic heterocycles. The molecule has 0 bridgehead atoms. The maximum Gasteiger partial charge on any atom is 0.298 e. The first-order valence-corrected chi connectivity index (χ1v) is 8.26. The van der Waals surface area contributed by atoms with E-state index in [-0.39, 0.29) is 0 Å². The number of hydrogen-bond donors (Lipinski definition) is 0. The molecule has 0 radical (unpaired) electrons. The van der Waals surface area contributed by atoms with Crippen LogP contribution in [0.5, 0.6) is 0 Å². The van der Waals surface area contributed by atoms with Gasteiger partial charge in [0.15, 0.2) is 5.58 Å². The summed E-state index contributed by atoms with van der Waals surface area (Å²) in [7, 11) is 0. The topological polar surface area (TPSA) is 41.7 Å². The van der Waals surface area contributed by atoms with Gasteiger partial charge in [-0.1, -0.05) is 12.1 Å². The van der Waals surface area contributed by atoms with Crippen LogP contribution in [0.25, 0.3) is 11.1 Å². The normalized spacial score (nSPS) is 25.0. The molecule has 0 saturated carbocycles. The van der Waals surface area contributed by atoms with Crippen LogP contribution >= 0.6 is 0 Å². The van der Waals surface area contributed by atoms with Crippen LogP contribution in [0.4, 0.5) is 6.01 Å². The molecule has 2 aromatic rings. The number of oxazole rings is 1. The summed E-state index contributed by atoms with van der Waals surface area (Å²) in [5.74, 6) is 0. The molecular weight excluding hydrogens is 278 g/mol. The van der Waals surface area contributed by atoms with Crippen molar-refractivity contribution in [1.29, 1.82) is 0 Å². The Morgan fingerprint density at radius 3 is 2.73 bits per heavy atom. The zero-order valence-electron chi connectivity index (χ0n) is 13.1. The number of anilines is 1. The van der Waals surface area contributed by atoms with Crippen LogP contribution in [0.3, 0.4) is 0 Å². The molecule has 4 rings (SSSR count). The summed E-state index contributed by atoms with van der Waals surface area (Å²) in [6.07, 6.45) is 2.71. The van der Waals surface area contributed by atoms with Gasteiger partial charge in [0.25, 0.3) is 6.01 Å². The van der Waals surface area contributed by atoms with Gasteiger partial charge < -0.3 is 14.1 Å². The van der Waals surface area contributed by atoms with Crippen molar-refractivity contribution >= 4 is 17.1 Å². The quantitative estimate of drug-likeness (QED) is 0.852. The predicted octanol–water partition coefficient (Wildman–Crippen LogP) is 2.52. The van der Waals surface area contributed by atoms with E-state index < -0.39 is 0 Å². The number of fused-ring (bicyclic) bond motifs is 1. The molecule has 22 heavy (non-hydrogen) atoms. The van der Waals surface area contributed by atoms with E-state index in [1.54, 1.807) is 0 Å². The molecule has 0 spiro atoms. The highest BCUT2D eigenvalue weighted by molar-refractivity contribution is 5.74. The highest BCUT2D eigenvalue weighted by Crippen LogP contribution is 2.26. The highest BCUT2D eigenvalue weighted by atomic mass is 16.5. The van der Waals surface area contributed by atoms with Gasteiger partial charge in [0.2, 0.25) is 0 Å². The molecule has 0 unspecified atom stereocenters. The maximum absolute atomic E-state index is 5.89. The van der Waals surface area contributed by atoms with Gasteiger partial charge in [0, 0.05) is 32.2 Å². The number of para-hydroxylation sites is 2. The van der Waals surface area contributed by atoms with Gasteiger partial charge in [-0.25, -0.2) is 0 Å². The third-order valence-corrected chi connectivity index (χ3v) is 4.81. The number of morpholine rings is 1. The van der Waals surface area contributed by atoms with E-state index in [9.17, 15) is 0 Å². The number of ether oxygens (including phenoxy) is 1. The average Bonchev–Trinajstić information content (AvgIpc) is 2.99. The lowest BCUT2D eigenvalue weighted by atomic mass is 10.0. The first-order chi connectivity index (χ1) is 10.8. The van der Waals surface area contributed by atoms with Crippen LogP contribution in [0.2, 0.25) is 0 Å². The minimum atomic E-state index is 0.365. The fraction of sp³-hybridized carbons (Fsp3) is 0.588. The van der Waals surface area contributed by atoms with Crippen molar-refractivity contribution in [3.63, 3.8) is 0 Å². The lowest BCUT2D eigenvalue weighted by Gasteiger charge is -2.41. The predicted molar refractivity (Wildman–Crippen MR) is 86.2 cm³/mol. The van der Waals surface area contributed by atoms with E-state index in [4.69, 9.17) is 9.15 Å². The lowest BCUT2D eigenvalue weighted by Crippen LogP contribution is -2.51. The molecule has 0 aliphatic carbocycles. The fourth-order valence-corrected chi connectivity index (χ4v) is 3.59. The smallest absolute Gasteiger partial charge is 0.298 e. The summed E-state index contributed by atoms with van der Waals surface area (Å²) >= 11 is 0. The molecule has 118 valence electrons. The second-order valence-corrected chi connectivity index (χ2v) is 6.36. The number of rotatable bonds is 2. The van der Waals surface area contributed by atoms with E-state index in [1.807, 2.05) is 24.3 Å². The molecular formula is C17H23N3O2. The summed E-state index contributed by atoms with van der Waals surface area (Å²) in [4.78, 5) is 9.48. The molecule has 2 saturated heterocycles. The Kier molecular flexibility index (Phi) is 3.76. The van der Waals surface area contributed by atoms with Crippen LogP contribution in [0, 0.1) is 0 Å². The van der Waals surface area contributed by atoms with Crippen LogP contribution in [-0.4, -0.2) is 54.8 Å². The number of aromatic nitrogens is 1. The number of benzene rings is 1. The third kappa shape index (κ3) is 2.71. The second-order valence-electron chi connectivity index (χ2n) is 6.36. The van der Waals surface area contributed by atoms with Crippen molar-refractivity contribution in [3.05, 3.63) is 24.3 Å². The second kappa shape index (κ2) is 5.89. The largest absolute Gasteiger partial charge is 0.423 e. The lowest BCUT2D eigenvalue weighted by molar-refractivity contribution is -0.0374. The Balaban J connectivity index is 1.41. The number of nitrogens with zero attached hydrogens (tertiary/aromatic N) is 3. The van der Waals surface area contributed by atoms with Gasteiger partial charge in [-0.05, 0) is 31.9 Å². The van der Waals surface area contributed by atoms with E-state index in [1.165, 1.54) is 12.8 Å². The number of hydrogen-bond acceptors (Lipinski definition) is 5. The van der Waals surface area contributed by atoms with Gasteiger partial charge >= 0.3 is 0 Å². The number of piperidine rings is 1. The summed E-state index contributed by atoms with van der Waals surface area (Å²) in [6.45, 7) is 7.20. The zero-order chi connectivity index (χ0) is 14.9. The Morgan fingerprint density at radius 1 is 1.14 bits per heavy atom. The minimum absolute atomic E-state index is 0.365. The van der Waals surface area contributed by atoms with Gasteiger partial charge in [-0.3, -0.25) is 4.90 Å². The SMILES string of the molecule is C[C@H]1CN(C2CCN(c3nc4ccccc4o3)CC2)CCO1. The standard InChI is InChI=1S/C17H23N3O2/c1-13-12-20(10-11-21-13)14-6-8-19(9-7-14)17-18-15-4-2-3-5-16(15)22-17/h2-5,13-14H,6-12H2,1H3/t13-/m0/s1. The van der Waals surface area contributed by atoms with Crippen molar-refractivity contribution in [3.8, 4) is 0 Å². The van der Waals surface area contributed by atoms with Gasteiger partial charge in [0.1, 0.15) is 5.52 Å². The maximum atomic E-state index is 5.89. The first kappa shape index (κ1) is 14.0. The Hall–Kier alpha value is -1.59. The van der Waals surface area contributed by atoms with E-state index in [0.29, 0.717) is 12.1 Å². The summed E-state index contributed by atoms with van der Waals surface area (Å²) < 4.78 is 11.5. The summed E-state index contributed by atoms with van der Waals surface area (Å²) in [5, 5.41) is 0. The van der Waals surface area contributed by atoms with Gasteiger partial charge in [0.05, 0.1) is 12.7 Å². The third-order valence-electron chi connectivity index (χ3n) is 4.81. The highest BCUT2D eigenvalue weighted by Gasteiger charge is 2.29. The van der Waals surface area contributed by atoms with Crippen molar-refractivity contribution in [1.82, 2.24) is 9.88 Å². The molecule has 3 heterocycles. The van der Waals surface area contributed by atoms with Crippen LogP contribution in [-0.2, 0) is 4.74 Å². The zero-order valence-corrected chi connectivity index (χ0v) is 13.1. The van der Waals surface area contributed by atoms with E-state index >= 15 is 0 Å². The monoisotopic (exact) mass is 301 g/mol. The summed E-state index contributed by atoms with van der Waals surface area (Å²) in [6, 6.07) is 9.42. The molecule has 1 atom stereocenters. The fourth-order valence-electron chi connectivity index (χ4n) is 3.59. The average molecular weight is 301 g/mol. The molecule has 1 aromatic carbocycles. The Labute approximate surface area is 130 Å². The van der Waals surface area contributed by atoms with Crippen molar-refractivity contribution in [2.45, 2.75) is 31.9 Å². The van der Waals surface area contributed by atoms with Crippen LogP contribution in [0.1, 0.15) is 19.8 Å². The molecule has 2 fully saturated rings. The minimum Gasteiger partial charge on any atom is -0.423 e. The van der Waals surface area contributed by atoms with Crippen molar-refractivity contribution in [2.24, 2.45) is 0 Å². The van der Waals surface area contributed by atoms with Crippen LogP contribution < -0.4 is 4.90 Å². The van der Waals surface area contributed by atoms with Crippen molar-refractivity contribution < 1.29 is 9.15 Å². The Bertz CT molecular complexity index is 601. The first-order valence-electron chi connectivity index (χ1n) is 8.26. The molecule has 5 nitrogen and oxygen atoms in total. The molecule has 2 aliphatic heterocycles. The molecule has 0 N–H and O–H groups in total. The molecule has 5 heteroatoms. The van der Waals surface area contributed by atoms with Gasteiger partial charge in [-0.15, -0.1) is 0 Å². The van der Waals surface area contributed by atoms with Crippen molar-refractivity contribution in [2.75, 3.05) is 37.7 Å². The molecule has 2 aliphatic rings. The van der Waals surface area contributed by atoms with E-state index in [2.05, 4.69) is 21.7 Å². The summed E-state index contributed by atoms with van der Waals surface area (Å²) in [5.41, 5.74) is 1.82. The molecule has 0 amide bonds. The Morgan fingerprint density at radius 2 is 1.95 bits per heavy atom. The van der Waals surface area contributed by atoms with Gasteiger partial charge in [-0.2, -0.15) is 4.98 Å².